The average molecular weight is 350 g/mol. The first kappa shape index (κ1) is 17.0. The van der Waals surface area contributed by atoms with E-state index >= 15 is 0 Å². The summed E-state index contributed by atoms with van der Waals surface area (Å²) in [7, 11) is 3.96. The summed E-state index contributed by atoms with van der Waals surface area (Å²) in [6, 6.07) is -0.0883. The van der Waals surface area contributed by atoms with Crippen molar-refractivity contribution in [3.63, 3.8) is 0 Å². The van der Waals surface area contributed by atoms with Crippen molar-refractivity contribution in [3.8, 4) is 5.88 Å². The molecule has 3 heterocycles. The molecule has 5 atom stereocenters. The molecule has 3 aliphatic rings. The fraction of sp³-hybridized carbons (Fsp3) is 0.722. The van der Waals surface area contributed by atoms with E-state index in [2.05, 4.69) is 17.0 Å². The lowest BCUT2D eigenvalue weighted by atomic mass is 9.64. The zero-order valence-electron chi connectivity index (χ0n) is 14.9. The number of unbranched alkanes of at least 4 members (excludes halogenated alkanes) is 1. The second-order valence-electron chi connectivity index (χ2n) is 7.42. The van der Waals surface area contributed by atoms with E-state index in [-0.39, 0.29) is 24.7 Å². The van der Waals surface area contributed by atoms with Gasteiger partial charge in [0.1, 0.15) is 11.7 Å². The number of aliphatic hydroxyl groups is 2. The fourth-order valence-electron chi connectivity index (χ4n) is 4.73. The Morgan fingerprint density at radius 1 is 1.44 bits per heavy atom. The third-order valence-electron chi connectivity index (χ3n) is 5.79. The highest BCUT2D eigenvalue weighted by atomic mass is 16.6. The number of ether oxygens (including phenoxy) is 2. The highest BCUT2D eigenvalue weighted by molar-refractivity contribution is 5.47. The number of aromatic nitrogens is 1. The zero-order valence-corrected chi connectivity index (χ0v) is 14.9. The number of hydrogen-bond donors (Lipinski definition) is 2. The van der Waals surface area contributed by atoms with Crippen molar-refractivity contribution in [3.05, 3.63) is 23.0 Å². The summed E-state index contributed by atoms with van der Waals surface area (Å²) in [5, 5.41) is 25.2. The van der Waals surface area contributed by atoms with E-state index in [0.717, 1.165) is 24.8 Å². The Bertz CT molecular complexity index is 685. The maximum absolute atomic E-state index is 11.3. The van der Waals surface area contributed by atoms with Crippen molar-refractivity contribution >= 4 is 0 Å². The van der Waals surface area contributed by atoms with Gasteiger partial charge in [-0.3, -0.25) is 4.90 Å². The van der Waals surface area contributed by atoms with Gasteiger partial charge in [-0.05, 0) is 37.7 Å². The molecule has 7 nitrogen and oxygen atoms in total. The van der Waals surface area contributed by atoms with E-state index in [1.807, 2.05) is 20.2 Å². The summed E-state index contributed by atoms with van der Waals surface area (Å²) < 4.78 is 17.6. The van der Waals surface area contributed by atoms with Crippen LogP contribution < -0.4 is 4.74 Å². The summed E-state index contributed by atoms with van der Waals surface area (Å²) in [5.41, 5.74) is 0.392. The highest BCUT2D eigenvalue weighted by Crippen LogP contribution is 2.63. The van der Waals surface area contributed by atoms with E-state index in [1.165, 1.54) is 0 Å². The monoisotopic (exact) mass is 350 g/mol. The van der Waals surface area contributed by atoms with Crippen molar-refractivity contribution in [1.82, 2.24) is 10.1 Å². The van der Waals surface area contributed by atoms with Crippen LogP contribution in [0.3, 0.4) is 0 Å². The predicted molar refractivity (Wildman–Crippen MR) is 89.2 cm³/mol. The number of hydrogen-bond acceptors (Lipinski definition) is 7. The minimum Gasteiger partial charge on any atom is -0.475 e. The maximum Gasteiger partial charge on any atom is 0.260 e. The smallest absolute Gasteiger partial charge is 0.260 e. The van der Waals surface area contributed by atoms with E-state index in [0.29, 0.717) is 23.8 Å². The Balaban J connectivity index is 1.80. The second-order valence-corrected chi connectivity index (χ2v) is 7.42. The molecule has 1 saturated heterocycles. The van der Waals surface area contributed by atoms with E-state index in [9.17, 15) is 10.2 Å². The van der Waals surface area contributed by atoms with Gasteiger partial charge in [-0.15, -0.1) is 0 Å². The molecule has 0 amide bonds. The third-order valence-corrected chi connectivity index (χ3v) is 5.79. The molecule has 2 bridgehead atoms. The van der Waals surface area contributed by atoms with E-state index in [1.54, 1.807) is 0 Å². The van der Waals surface area contributed by atoms with Gasteiger partial charge in [-0.1, -0.05) is 19.4 Å². The lowest BCUT2D eigenvalue weighted by Gasteiger charge is -2.46. The van der Waals surface area contributed by atoms with Crippen molar-refractivity contribution in [2.45, 2.75) is 50.0 Å². The van der Waals surface area contributed by atoms with Gasteiger partial charge in [0, 0.05) is 5.92 Å². The first-order valence-corrected chi connectivity index (χ1v) is 9.01. The van der Waals surface area contributed by atoms with Gasteiger partial charge < -0.3 is 24.2 Å². The summed E-state index contributed by atoms with van der Waals surface area (Å²) in [6.07, 6.45) is 3.61. The molecule has 25 heavy (non-hydrogen) atoms. The minimum atomic E-state index is -0.961. The number of rotatable bonds is 6. The number of fused-ring (bicyclic) bond motifs is 2. The topological polar surface area (TPSA) is 88.2 Å². The summed E-state index contributed by atoms with van der Waals surface area (Å²) >= 11 is 0. The van der Waals surface area contributed by atoms with E-state index < -0.39 is 11.7 Å². The first-order valence-electron chi connectivity index (χ1n) is 9.01. The standard InChI is InChI=1S/C18H26N2O5/c1-4-5-6-23-17-13-15(25-19-17)14(20(2)3)12-8-11-7-10(9-21)18(12,24-11)16(13)22/h7,11-12,14,16,21-22H,4-6,8-9H2,1-3H3/t11-,12+,14+,16-,18+/m1/s1. The van der Waals surface area contributed by atoms with Crippen LogP contribution >= 0.6 is 0 Å². The second kappa shape index (κ2) is 6.09. The van der Waals surface area contributed by atoms with Crippen LogP contribution in [0.5, 0.6) is 5.88 Å². The molecule has 1 spiro atoms. The Kier molecular flexibility index (Phi) is 4.15. The summed E-state index contributed by atoms with van der Waals surface area (Å²) in [6.45, 7) is 2.49. The lowest BCUT2D eigenvalue weighted by Crippen LogP contribution is -2.52. The van der Waals surface area contributed by atoms with Gasteiger partial charge in [-0.2, -0.15) is 0 Å². The minimum absolute atomic E-state index is 0.00130. The Morgan fingerprint density at radius 2 is 2.24 bits per heavy atom. The fourth-order valence-corrected chi connectivity index (χ4v) is 4.73. The van der Waals surface area contributed by atoms with Crippen LogP contribution in [-0.2, 0) is 4.74 Å². The van der Waals surface area contributed by atoms with Crippen molar-refractivity contribution < 1.29 is 24.2 Å². The van der Waals surface area contributed by atoms with Crippen LogP contribution in [-0.4, -0.2) is 59.3 Å². The average Bonchev–Trinajstić information content (AvgIpc) is 3.26. The number of aliphatic hydroxyl groups excluding tert-OH is 2. The van der Waals surface area contributed by atoms with Gasteiger partial charge in [0.05, 0.1) is 30.9 Å². The van der Waals surface area contributed by atoms with Gasteiger partial charge >= 0.3 is 0 Å². The molecule has 1 aliphatic carbocycles. The quantitative estimate of drug-likeness (QED) is 0.595. The molecule has 0 aromatic carbocycles. The van der Waals surface area contributed by atoms with E-state index in [4.69, 9.17) is 14.0 Å². The van der Waals surface area contributed by atoms with Crippen LogP contribution in [0.2, 0.25) is 0 Å². The maximum atomic E-state index is 11.3. The molecule has 0 radical (unpaired) electrons. The van der Waals surface area contributed by atoms with Crippen LogP contribution in [0.4, 0.5) is 0 Å². The van der Waals surface area contributed by atoms with Gasteiger partial charge in [0.15, 0.2) is 5.76 Å². The van der Waals surface area contributed by atoms with Crippen molar-refractivity contribution in [1.29, 1.82) is 0 Å². The molecule has 1 aromatic rings. The van der Waals surface area contributed by atoms with Crippen molar-refractivity contribution in [2.24, 2.45) is 5.92 Å². The highest BCUT2D eigenvalue weighted by Gasteiger charge is 2.66. The Morgan fingerprint density at radius 3 is 2.92 bits per heavy atom. The molecule has 7 heteroatoms. The normalized spacial score (nSPS) is 35.7. The first-order chi connectivity index (χ1) is 12.0. The molecule has 2 aliphatic heterocycles. The third kappa shape index (κ3) is 2.23. The molecule has 0 saturated carbocycles. The van der Waals surface area contributed by atoms with Crippen LogP contribution in [0.15, 0.2) is 16.2 Å². The summed E-state index contributed by atoms with van der Waals surface area (Å²) in [5.74, 6) is 0.985. The number of nitrogens with zero attached hydrogens (tertiary/aromatic N) is 2. The molecule has 1 aromatic heterocycles. The van der Waals surface area contributed by atoms with Crippen LogP contribution in [0.1, 0.15) is 49.7 Å². The van der Waals surface area contributed by atoms with Gasteiger partial charge in [0.2, 0.25) is 0 Å². The Labute approximate surface area is 147 Å². The zero-order chi connectivity index (χ0) is 17.8. The molecule has 1 fully saturated rings. The molecule has 0 unspecified atom stereocenters. The SMILES string of the molecule is CCCCOc1noc2c1[C@@H](O)[C@]13O[C@H](C=C1CO)C[C@H]3[C@@H]2N(C)C. The molecule has 2 N–H and O–H groups in total. The predicted octanol–water partition coefficient (Wildman–Crippen LogP) is 1.58. The molecular formula is C18H26N2O5. The molecule has 138 valence electrons. The lowest BCUT2D eigenvalue weighted by molar-refractivity contribution is -0.116. The largest absolute Gasteiger partial charge is 0.475 e. The van der Waals surface area contributed by atoms with Gasteiger partial charge in [0.25, 0.3) is 5.88 Å². The van der Waals surface area contributed by atoms with Gasteiger partial charge in [-0.25, -0.2) is 0 Å². The summed E-state index contributed by atoms with van der Waals surface area (Å²) in [4.78, 5) is 2.07. The molecule has 4 rings (SSSR count). The van der Waals surface area contributed by atoms with Crippen molar-refractivity contribution in [2.75, 3.05) is 27.3 Å². The van der Waals surface area contributed by atoms with Crippen LogP contribution in [0.25, 0.3) is 0 Å². The van der Waals surface area contributed by atoms with Crippen LogP contribution in [0, 0.1) is 5.92 Å². The molecular weight excluding hydrogens is 324 g/mol. The Hall–Kier alpha value is -1.41.